The molecule has 0 spiro atoms. The molecule has 0 N–H and O–H groups in total. The molecule has 0 fully saturated rings. The van der Waals surface area contributed by atoms with E-state index in [1.165, 1.54) is 5.56 Å². The number of fused-ring (bicyclic) bond motifs is 1. The second-order valence-electron chi connectivity index (χ2n) is 6.84. The second-order valence-corrected chi connectivity index (χ2v) is 9.70. The van der Waals surface area contributed by atoms with Crippen LogP contribution in [0.3, 0.4) is 0 Å². The van der Waals surface area contributed by atoms with Crippen LogP contribution in [0.15, 0.2) is 74.5 Å². The average Bonchev–Trinajstić information content (AvgIpc) is 2.71. The van der Waals surface area contributed by atoms with Gasteiger partial charge in [-0.3, -0.25) is 4.79 Å². The number of Topliss-reactive ketones (excluding diaryl/α,β-unsaturated/α-hetero) is 1. The Kier molecular flexibility index (Phi) is 5.68. The predicted molar refractivity (Wildman–Crippen MR) is 122 cm³/mol. The zero-order chi connectivity index (χ0) is 19.8. The monoisotopic (exact) mass is 516 g/mol. The molecule has 5 heteroatoms. The van der Waals surface area contributed by atoms with E-state index < -0.39 is 0 Å². The number of ketones is 1. The Labute approximate surface area is 185 Å². The van der Waals surface area contributed by atoms with Crippen LogP contribution >= 0.6 is 43.6 Å². The Morgan fingerprint density at radius 3 is 2.32 bits per heavy atom. The molecule has 2 nitrogen and oxygen atoms in total. The molecule has 3 aromatic rings. The highest BCUT2D eigenvalue weighted by Crippen LogP contribution is 2.47. The molecular formula is C23H18Br2O2S. The Morgan fingerprint density at radius 1 is 0.964 bits per heavy atom. The molecule has 0 radical (unpaired) electrons. The number of hydrogen-bond acceptors (Lipinski definition) is 3. The van der Waals surface area contributed by atoms with Crippen molar-refractivity contribution < 1.29 is 9.53 Å². The number of thioether (sulfide) groups is 1. The lowest BCUT2D eigenvalue weighted by Crippen LogP contribution is -2.34. The quantitative estimate of drug-likeness (QED) is 0.364. The fourth-order valence-electron chi connectivity index (χ4n) is 3.24. The SMILES string of the molecule is Cc1ccc(SC2C(=O)c3cc(Br)c(C)c(Br)c3OC2c2ccccc2)cc1. The van der Waals surface area contributed by atoms with Crippen molar-refractivity contribution >= 4 is 49.4 Å². The molecule has 0 aliphatic carbocycles. The van der Waals surface area contributed by atoms with Crippen LogP contribution in [0.1, 0.15) is 33.2 Å². The summed E-state index contributed by atoms with van der Waals surface area (Å²) in [7, 11) is 0. The first-order valence-corrected chi connectivity index (χ1v) is 11.4. The number of halogens is 2. The maximum atomic E-state index is 13.5. The minimum Gasteiger partial charge on any atom is -0.482 e. The van der Waals surface area contributed by atoms with Crippen LogP contribution in [0.4, 0.5) is 0 Å². The highest BCUT2D eigenvalue weighted by molar-refractivity contribution is 9.11. The minimum atomic E-state index is -0.362. The highest BCUT2D eigenvalue weighted by Gasteiger charge is 2.40. The molecule has 28 heavy (non-hydrogen) atoms. The lowest BCUT2D eigenvalue weighted by molar-refractivity contribution is 0.0865. The van der Waals surface area contributed by atoms with E-state index in [1.807, 2.05) is 43.3 Å². The number of rotatable bonds is 3. The first kappa shape index (κ1) is 19.7. The van der Waals surface area contributed by atoms with Crippen molar-refractivity contribution in [2.45, 2.75) is 30.1 Å². The largest absolute Gasteiger partial charge is 0.482 e. The average molecular weight is 518 g/mol. The molecule has 0 amide bonds. The van der Waals surface area contributed by atoms with Gasteiger partial charge in [-0.1, -0.05) is 64.0 Å². The minimum absolute atomic E-state index is 0.0853. The van der Waals surface area contributed by atoms with Gasteiger partial charge in [-0.2, -0.15) is 0 Å². The molecule has 0 saturated heterocycles. The van der Waals surface area contributed by atoms with Gasteiger partial charge in [0.15, 0.2) is 5.78 Å². The van der Waals surface area contributed by atoms with Crippen LogP contribution in [0.5, 0.6) is 5.75 Å². The Hall–Kier alpha value is -1.56. The summed E-state index contributed by atoms with van der Waals surface area (Å²) in [4.78, 5) is 14.6. The number of hydrogen-bond donors (Lipinski definition) is 0. The summed E-state index contributed by atoms with van der Waals surface area (Å²) >= 11 is 8.75. The van der Waals surface area contributed by atoms with E-state index >= 15 is 0 Å². The topological polar surface area (TPSA) is 26.3 Å². The molecule has 1 aliphatic heterocycles. The smallest absolute Gasteiger partial charge is 0.184 e. The summed E-state index contributed by atoms with van der Waals surface area (Å²) in [5.74, 6) is 0.711. The van der Waals surface area contributed by atoms with Crippen LogP contribution < -0.4 is 4.74 Å². The number of aryl methyl sites for hydroxylation is 1. The van der Waals surface area contributed by atoms with E-state index in [0.717, 1.165) is 25.0 Å². The maximum Gasteiger partial charge on any atom is 0.184 e. The van der Waals surface area contributed by atoms with Crippen molar-refractivity contribution in [1.29, 1.82) is 0 Å². The molecule has 0 aromatic heterocycles. The molecule has 4 rings (SSSR count). The third kappa shape index (κ3) is 3.68. The lowest BCUT2D eigenvalue weighted by atomic mass is 9.95. The Bertz CT molecular complexity index is 1030. The van der Waals surface area contributed by atoms with Crippen molar-refractivity contribution in [3.05, 3.63) is 91.9 Å². The Morgan fingerprint density at radius 2 is 1.64 bits per heavy atom. The fraction of sp³-hybridized carbons (Fsp3) is 0.174. The number of benzene rings is 3. The highest BCUT2D eigenvalue weighted by atomic mass is 79.9. The van der Waals surface area contributed by atoms with Gasteiger partial charge in [0.2, 0.25) is 0 Å². The van der Waals surface area contributed by atoms with E-state index in [0.29, 0.717) is 11.3 Å². The van der Waals surface area contributed by atoms with E-state index in [1.54, 1.807) is 11.8 Å². The molecule has 142 valence electrons. The molecule has 3 aromatic carbocycles. The summed E-state index contributed by atoms with van der Waals surface area (Å²) < 4.78 is 8.17. The summed E-state index contributed by atoms with van der Waals surface area (Å²) in [5.41, 5.74) is 3.83. The van der Waals surface area contributed by atoms with Crippen molar-refractivity contribution in [2.24, 2.45) is 0 Å². The van der Waals surface area contributed by atoms with Gasteiger partial charge < -0.3 is 4.74 Å². The van der Waals surface area contributed by atoms with Gasteiger partial charge in [0.1, 0.15) is 17.1 Å². The number of carbonyl (C=O) groups is 1. The fourth-order valence-corrected chi connectivity index (χ4v) is 5.61. The van der Waals surface area contributed by atoms with E-state index in [9.17, 15) is 4.79 Å². The van der Waals surface area contributed by atoms with Gasteiger partial charge in [-0.15, -0.1) is 11.8 Å². The van der Waals surface area contributed by atoms with Gasteiger partial charge in [0.25, 0.3) is 0 Å². The molecular weight excluding hydrogens is 500 g/mol. The summed E-state index contributed by atoms with van der Waals surface area (Å²) in [6, 6.07) is 20.1. The molecule has 2 atom stereocenters. The molecule has 0 bridgehead atoms. The van der Waals surface area contributed by atoms with Gasteiger partial charge >= 0.3 is 0 Å². The zero-order valence-corrected chi connectivity index (χ0v) is 19.4. The predicted octanol–water partition coefficient (Wildman–Crippen LogP) is 7.31. The lowest BCUT2D eigenvalue weighted by Gasteiger charge is -2.33. The first-order chi connectivity index (χ1) is 13.5. The number of ether oxygens (including phenoxy) is 1. The van der Waals surface area contributed by atoms with Crippen molar-refractivity contribution in [2.75, 3.05) is 0 Å². The van der Waals surface area contributed by atoms with E-state index in [-0.39, 0.29) is 17.1 Å². The standard InChI is InChI=1S/C23H18Br2O2S/c1-13-8-10-16(11-9-13)28-23-20(26)17-12-18(24)14(2)19(25)22(17)27-21(23)15-6-4-3-5-7-15/h3-12,21,23H,1-2H3. The van der Waals surface area contributed by atoms with Crippen molar-refractivity contribution in [3.63, 3.8) is 0 Å². The third-order valence-electron chi connectivity index (χ3n) is 4.86. The van der Waals surface area contributed by atoms with Crippen molar-refractivity contribution in [1.82, 2.24) is 0 Å². The molecule has 2 unspecified atom stereocenters. The molecule has 0 saturated carbocycles. The Balaban J connectivity index is 1.81. The molecule has 1 aliphatic rings. The number of carbonyl (C=O) groups excluding carboxylic acids is 1. The van der Waals surface area contributed by atoms with Crippen LogP contribution in [0.2, 0.25) is 0 Å². The van der Waals surface area contributed by atoms with Crippen LogP contribution in [0.25, 0.3) is 0 Å². The van der Waals surface area contributed by atoms with Gasteiger partial charge in [0.05, 0.1) is 10.0 Å². The van der Waals surface area contributed by atoms with Crippen molar-refractivity contribution in [3.8, 4) is 5.75 Å². The van der Waals surface area contributed by atoms with Gasteiger partial charge in [0, 0.05) is 9.37 Å². The summed E-state index contributed by atoms with van der Waals surface area (Å²) in [6.07, 6.45) is -0.357. The van der Waals surface area contributed by atoms with Crippen LogP contribution in [0, 0.1) is 13.8 Å². The van der Waals surface area contributed by atoms with Gasteiger partial charge in [-0.25, -0.2) is 0 Å². The van der Waals surface area contributed by atoms with E-state index in [4.69, 9.17) is 4.74 Å². The van der Waals surface area contributed by atoms with Crippen LogP contribution in [-0.2, 0) is 0 Å². The summed E-state index contributed by atoms with van der Waals surface area (Å²) in [5, 5.41) is -0.362. The van der Waals surface area contributed by atoms with Gasteiger partial charge in [-0.05, 0) is 59.1 Å². The second kappa shape index (κ2) is 8.05. The summed E-state index contributed by atoms with van der Waals surface area (Å²) in [6.45, 7) is 4.05. The first-order valence-electron chi connectivity index (χ1n) is 8.93. The maximum absolute atomic E-state index is 13.5. The zero-order valence-electron chi connectivity index (χ0n) is 15.4. The molecule has 1 heterocycles. The van der Waals surface area contributed by atoms with E-state index in [2.05, 4.69) is 63.0 Å². The third-order valence-corrected chi connectivity index (χ3v) is 7.90. The normalized spacial score (nSPS) is 18.5. The van der Waals surface area contributed by atoms with Crippen LogP contribution in [-0.4, -0.2) is 11.0 Å².